The molecule has 4 heteroatoms. The number of ether oxygens (including phenoxy) is 1. The maximum absolute atomic E-state index is 12.9. The summed E-state index contributed by atoms with van der Waals surface area (Å²) in [6.07, 6.45) is 0.745. The molecular weight excluding hydrogens is 267 g/mol. The number of carbonyl (C=O) groups excluding carboxylic acids is 1. The fraction of sp³-hybridized carbons (Fsp3) is 0.133. The lowest BCUT2D eigenvalue weighted by Crippen LogP contribution is -2.01. The Morgan fingerprint density at radius 3 is 2.79 bits per heavy atom. The van der Waals surface area contributed by atoms with Crippen LogP contribution in [0.15, 0.2) is 36.4 Å². The number of hydrogen-bond acceptors (Lipinski definition) is 2. The second-order valence-electron chi connectivity index (χ2n) is 4.14. The molecule has 0 N–H and O–H groups in total. The topological polar surface area (TPSA) is 26.3 Å². The Bertz CT molecular complexity index is 611. The molecule has 0 radical (unpaired) electrons. The van der Waals surface area contributed by atoms with Gasteiger partial charge in [-0.05, 0) is 30.7 Å². The molecule has 0 atom stereocenters. The molecular formula is C15H12ClFO2. The highest BCUT2D eigenvalue weighted by Crippen LogP contribution is 2.25. The van der Waals surface area contributed by atoms with Crippen molar-refractivity contribution in [2.75, 3.05) is 0 Å². The largest absolute Gasteiger partial charge is 0.488 e. The first-order valence-corrected chi connectivity index (χ1v) is 6.11. The highest BCUT2D eigenvalue weighted by molar-refractivity contribution is 6.31. The van der Waals surface area contributed by atoms with Gasteiger partial charge >= 0.3 is 0 Å². The Labute approximate surface area is 115 Å². The minimum Gasteiger partial charge on any atom is -0.488 e. The van der Waals surface area contributed by atoms with E-state index in [2.05, 4.69) is 0 Å². The summed E-state index contributed by atoms with van der Waals surface area (Å²) in [4.78, 5) is 10.9. The highest BCUT2D eigenvalue weighted by Gasteiger charge is 2.08. The summed E-state index contributed by atoms with van der Waals surface area (Å²) in [5.41, 5.74) is 2.02. The van der Waals surface area contributed by atoms with E-state index in [4.69, 9.17) is 16.3 Å². The molecule has 0 saturated carbocycles. The number of benzene rings is 2. The second-order valence-corrected chi connectivity index (χ2v) is 4.54. The van der Waals surface area contributed by atoms with E-state index in [0.717, 1.165) is 11.8 Å². The van der Waals surface area contributed by atoms with Gasteiger partial charge in [0.25, 0.3) is 0 Å². The average molecular weight is 279 g/mol. The molecule has 0 spiro atoms. The molecule has 0 unspecified atom stereocenters. The van der Waals surface area contributed by atoms with Gasteiger partial charge in [0.1, 0.15) is 18.2 Å². The average Bonchev–Trinajstić information content (AvgIpc) is 2.39. The van der Waals surface area contributed by atoms with Gasteiger partial charge in [0.15, 0.2) is 6.29 Å². The van der Waals surface area contributed by atoms with Crippen LogP contribution >= 0.6 is 11.6 Å². The van der Waals surface area contributed by atoms with E-state index in [-0.39, 0.29) is 6.61 Å². The van der Waals surface area contributed by atoms with E-state index in [9.17, 15) is 9.18 Å². The number of aldehydes is 1. The summed E-state index contributed by atoms with van der Waals surface area (Å²) >= 11 is 5.92. The van der Waals surface area contributed by atoms with Crippen molar-refractivity contribution in [1.82, 2.24) is 0 Å². The zero-order chi connectivity index (χ0) is 13.8. The van der Waals surface area contributed by atoms with Crippen LogP contribution < -0.4 is 4.74 Å². The minimum absolute atomic E-state index is 0.185. The Kier molecular flexibility index (Phi) is 4.17. The third-order valence-corrected chi connectivity index (χ3v) is 3.11. The molecule has 2 nitrogen and oxygen atoms in total. The first kappa shape index (κ1) is 13.6. The third-order valence-electron chi connectivity index (χ3n) is 2.76. The zero-order valence-corrected chi connectivity index (χ0v) is 11.1. The van der Waals surface area contributed by atoms with E-state index < -0.39 is 5.82 Å². The summed E-state index contributed by atoms with van der Waals surface area (Å²) in [6.45, 7) is 2.04. The fourth-order valence-electron chi connectivity index (χ4n) is 1.75. The first-order valence-electron chi connectivity index (χ1n) is 5.73. The number of hydrogen-bond donors (Lipinski definition) is 0. The van der Waals surface area contributed by atoms with E-state index in [1.54, 1.807) is 18.2 Å². The van der Waals surface area contributed by atoms with Crippen LogP contribution in [0.2, 0.25) is 5.02 Å². The maximum atomic E-state index is 12.9. The van der Waals surface area contributed by atoms with Crippen molar-refractivity contribution in [3.8, 4) is 5.75 Å². The monoisotopic (exact) mass is 278 g/mol. The summed E-state index contributed by atoms with van der Waals surface area (Å²) in [5.74, 6) is 0.135. The molecule has 98 valence electrons. The molecule has 0 fully saturated rings. The fourth-order valence-corrected chi connectivity index (χ4v) is 1.98. The van der Waals surface area contributed by atoms with Crippen molar-refractivity contribution in [3.63, 3.8) is 0 Å². The van der Waals surface area contributed by atoms with Crippen LogP contribution in [0.4, 0.5) is 4.39 Å². The van der Waals surface area contributed by atoms with E-state index in [0.29, 0.717) is 21.9 Å². The highest BCUT2D eigenvalue weighted by atomic mass is 35.5. The Balaban J connectivity index is 2.21. The van der Waals surface area contributed by atoms with E-state index >= 15 is 0 Å². The molecule has 0 amide bonds. The second kappa shape index (κ2) is 5.85. The van der Waals surface area contributed by atoms with Crippen molar-refractivity contribution in [2.24, 2.45) is 0 Å². The number of para-hydroxylation sites is 1. The Morgan fingerprint density at radius 2 is 2.11 bits per heavy atom. The van der Waals surface area contributed by atoms with Crippen LogP contribution in [0, 0.1) is 12.7 Å². The molecule has 0 aliphatic heterocycles. The van der Waals surface area contributed by atoms with Gasteiger partial charge in [-0.25, -0.2) is 4.39 Å². The third kappa shape index (κ3) is 3.12. The summed E-state index contributed by atoms with van der Waals surface area (Å²) in [7, 11) is 0. The van der Waals surface area contributed by atoms with Crippen molar-refractivity contribution in [3.05, 3.63) is 63.9 Å². The molecule has 0 aromatic heterocycles. The van der Waals surface area contributed by atoms with Crippen LogP contribution in [0.1, 0.15) is 21.5 Å². The van der Waals surface area contributed by atoms with E-state index in [1.165, 1.54) is 12.1 Å². The summed E-state index contributed by atoms with van der Waals surface area (Å²) < 4.78 is 18.5. The number of carbonyl (C=O) groups is 1. The van der Waals surface area contributed by atoms with Crippen LogP contribution in [0.3, 0.4) is 0 Å². The van der Waals surface area contributed by atoms with Crippen molar-refractivity contribution >= 4 is 17.9 Å². The lowest BCUT2D eigenvalue weighted by atomic mass is 10.1. The predicted octanol–water partition coefficient (Wildman–Crippen LogP) is 4.18. The maximum Gasteiger partial charge on any atom is 0.153 e. The van der Waals surface area contributed by atoms with Gasteiger partial charge in [0.05, 0.1) is 10.6 Å². The van der Waals surface area contributed by atoms with Gasteiger partial charge in [-0.1, -0.05) is 29.8 Å². The minimum atomic E-state index is -0.391. The van der Waals surface area contributed by atoms with Gasteiger partial charge in [-0.15, -0.1) is 0 Å². The summed E-state index contributed by atoms with van der Waals surface area (Å²) in [5, 5.41) is 0.307. The van der Waals surface area contributed by atoms with Crippen molar-refractivity contribution < 1.29 is 13.9 Å². The normalized spacial score (nSPS) is 10.3. The SMILES string of the molecule is Cc1cccc(C=O)c1OCc1ccc(F)cc1Cl. The van der Waals surface area contributed by atoms with Gasteiger partial charge in [-0.2, -0.15) is 0 Å². The Hall–Kier alpha value is -1.87. The van der Waals surface area contributed by atoms with Crippen LogP contribution in [-0.2, 0) is 6.61 Å². The van der Waals surface area contributed by atoms with Gasteiger partial charge < -0.3 is 4.74 Å². The van der Waals surface area contributed by atoms with E-state index in [1.807, 2.05) is 13.0 Å². The predicted molar refractivity (Wildman–Crippen MR) is 72.3 cm³/mol. The molecule has 19 heavy (non-hydrogen) atoms. The molecule has 0 saturated heterocycles. The molecule has 0 bridgehead atoms. The quantitative estimate of drug-likeness (QED) is 0.784. The standard InChI is InChI=1S/C15H12ClFO2/c1-10-3-2-4-11(8-18)15(10)19-9-12-5-6-13(17)7-14(12)16/h2-8H,9H2,1H3. The van der Waals surface area contributed by atoms with Crippen LogP contribution in [0.5, 0.6) is 5.75 Å². The lowest BCUT2D eigenvalue weighted by Gasteiger charge is -2.12. The molecule has 0 aliphatic rings. The van der Waals surface area contributed by atoms with Crippen LogP contribution in [-0.4, -0.2) is 6.29 Å². The number of rotatable bonds is 4. The van der Waals surface area contributed by atoms with Crippen LogP contribution in [0.25, 0.3) is 0 Å². The van der Waals surface area contributed by atoms with Crippen molar-refractivity contribution in [1.29, 1.82) is 0 Å². The molecule has 2 aromatic carbocycles. The Morgan fingerprint density at radius 1 is 1.32 bits per heavy atom. The van der Waals surface area contributed by atoms with Crippen molar-refractivity contribution in [2.45, 2.75) is 13.5 Å². The van der Waals surface area contributed by atoms with Gasteiger partial charge in [-0.3, -0.25) is 4.79 Å². The number of halogens is 2. The zero-order valence-electron chi connectivity index (χ0n) is 10.3. The summed E-state index contributed by atoms with van der Waals surface area (Å²) in [6, 6.07) is 9.45. The molecule has 0 aliphatic carbocycles. The van der Waals surface area contributed by atoms with Gasteiger partial charge in [0.2, 0.25) is 0 Å². The number of aryl methyl sites for hydroxylation is 1. The van der Waals surface area contributed by atoms with Gasteiger partial charge in [0, 0.05) is 5.56 Å². The molecule has 2 rings (SSSR count). The first-order chi connectivity index (χ1) is 9.11. The lowest BCUT2D eigenvalue weighted by molar-refractivity contribution is 0.111. The molecule has 2 aromatic rings. The smallest absolute Gasteiger partial charge is 0.153 e. The molecule has 0 heterocycles.